The quantitative estimate of drug-likeness (QED) is 0.497. The van der Waals surface area contributed by atoms with E-state index in [1.165, 1.54) is 19.4 Å². The molecule has 0 bridgehead atoms. The van der Waals surface area contributed by atoms with E-state index >= 15 is 0 Å². The Labute approximate surface area is 210 Å². The van der Waals surface area contributed by atoms with E-state index in [-0.39, 0.29) is 17.5 Å². The highest BCUT2D eigenvalue weighted by Gasteiger charge is 2.36. The van der Waals surface area contributed by atoms with Crippen molar-refractivity contribution in [2.45, 2.75) is 63.9 Å². The maximum Gasteiger partial charge on any atom is 0.329 e. The van der Waals surface area contributed by atoms with Crippen LogP contribution in [0.1, 0.15) is 50.0 Å². The van der Waals surface area contributed by atoms with E-state index < -0.39 is 35.9 Å². The summed E-state index contributed by atoms with van der Waals surface area (Å²) in [7, 11) is 2.96. The van der Waals surface area contributed by atoms with Crippen molar-refractivity contribution in [3.63, 3.8) is 0 Å². The Kier molecular flexibility index (Phi) is 9.75. The summed E-state index contributed by atoms with van der Waals surface area (Å²) >= 11 is 0. The van der Waals surface area contributed by atoms with Gasteiger partial charge in [0.1, 0.15) is 23.6 Å². The van der Waals surface area contributed by atoms with Gasteiger partial charge in [-0.3, -0.25) is 4.79 Å². The number of esters is 1. The van der Waals surface area contributed by atoms with Gasteiger partial charge in [-0.25, -0.2) is 9.78 Å². The molecule has 1 aromatic carbocycles. The molecular weight excluding hydrogens is 468 g/mol. The van der Waals surface area contributed by atoms with E-state index in [2.05, 4.69) is 10.3 Å². The number of methoxy groups -OCH3 is 2. The largest absolute Gasteiger partial charge is 0.503 e. The minimum Gasteiger partial charge on any atom is -0.503 e. The second-order valence-electron chi connectivity index (χ2n) is 8.48. The van der Waals surface area contributed by atoms with Gasteiger partial charge in [0.15, 0.2) is 23.3 Å². The molecule has 1 saturated heterocycles. The Hall–Kier alpha value is -3.53. The molecular formula is C26H34N2O8. The number of cyclic esters (lactones) is 1. The van der Waals surface area contributed by atoms with Crippen LogP contribution in [0.25, 0.3) is 0 Å². The first-order valence-corrected chi connectivity index (χ1v) is 12.0. The number of nitrogens with zero attached hydrogens (tertiary/aromatic N) is 1. The number of hydrogen-bond acceptors (Lipinski definition) is 9. The Balaban J connectivity index is 1.77. The van der Waals surface area contributed by atoms with E-state index in [4.69, 9.17) is 23.7 Å². The van der Waals surface area contributed by atoms with Crippen LogP contribution in [0.5, 0.6) is 23.0 Å². The van der Waals surface area contributed by atoms with Crippen LogP contribution in [0, 0.1) is 0 Å². The van der Waals surface area contributed by atoms with Crippen molar-refractivity contribution in [3.05, 3.63) is 42.2 Å². The molecule has 10 nitrogen and oxygen atoms in total. The molecule has 2 heterocycles. The Bertz CT molecular complexity index is 1010. The maximum atomic E-state index is 13.0. The molecule has 1 fully saturated rings. The summed E-state index contributed by atoms with van der Waals surface area (Å²) in [5, 5.41) is 12.9. The lowest BCUT2D eigenvalue weighted by Crippen LogP contribution is -2.46. The van der Waals surface area contributed by atoms with E-state index in [0.29, 0.717) is 37.4 Å². The average Bonchev–Trinajstić information content (AvgIpc) is 2.93. The molecule has 10 heteroatoms. The number of ether oxygens (including phenoxy) is 5. The topological polar surface area (TPSA) is 125 Å². The van der Waals surface area contributed by atoms with Crippen LogP contribution in [-0.4, -0.2) is 67.1 Å². The number of pyridine rings is 1. The lowest BCUT2D eigenvalue weighted by molar-refractivity contribution is -0.159. The van der Waals surface area contributed by atoms with Gasteiger partial charge in [-0.1, -0.05) is 6.92 Å². The van der Waals surface area contributed by atoms with E-state index in [1.807, 2.05) is 6.92 Å². The summed E-state index contributed by atoms with van der Waals surface area (Å²) in [4.78, 5) is 29.8. The first-order valence-electron chi connectivity index (χ1n) is 12.0. The molecule has 0 aliphatic carbocycles. The third-order valence-electron chi connectivity index (χ3n) is 5.89. The van der Waals surface area contributed by atoms with Crippen molar-refractivity contribution < 1.29 is 38.4 Å². The Morgan fingerprint density at radius 2 is 1.86 bits per heavy atom. The second-order valence-corrected chi connectivity index (χ2v) is 8.48. The van der Waals surface area contributed by atoms with Crippen LogP contribution in [0.4, 0.5) is 0 Å². The number of hydrogen-bond donors (Lipinski definition) is 2. The summed E-state index contributed by atoms with van der Waals surface area (Å²) in [5.41, 5.74) is -0.236. The summed E-state index contributed by atoms with van der Waals surface area (Å²) < 4.78 is 28.3. The number of aromatic hydroxyl groups is 1. The molecule has 0 saturated carbocycles. The number of carbonyl (C=O) groups is 2. The molecule has 3 rings (SSSR count). The van der Waals surface area contributed by atoms with Gasteiger partial charge in [0.25, 0.3) is 5.91 Å². The summed E-state index contributed by atoms with van der Waals surface area (Å²) in [5.74, 6) is -0.302. The lowest BCUT2D eigenvalue weighted by Gasteiger charge is -2.31. The maximum absolute atomic E-state index is 13.0. The van der Waals surface area contributed by atoms with Crippen LogP contribution in [0.2, 0.25) is 0 Å². The molecule has 1 aliphatic rings. The van der Waals surface area contributed by atoms with Crippen molar-refractivity contribution in [1.82, 2.24) is 10.3 Å². The van der Waals surface area contributed by atoms with Gasteiger partial charge in [-0.2, -0.15) is 0 Å². The van der Waals surface area contributed by atoms with E-state index in [9.17, 15) is 14.7 Å². The molecule has 4 atom stereocenters. The molecule has 2 aromatic rings. The summed E-state index contributed by atoms with van der Waals surface area (Å²) in [6.07, 6.45) is 2.10. The van der Waals surface area contributed by atoms with Crippen LogP contribution >= 0.6 is 0 Å². The van der Waals surface area contributed by atoms with Gasteiger partial charge in [-0.15, -0.1) is 0 Å². The molecule has 2 N–H and O–H groups in total. The highest BCUT2D eigenvalue weighted by molar-refractivity contribution is 5.97. The number of carbonyl (C=O) groups excluding carboxylic acids is 2. The fourth-order valence-electron chi connectivity index (χ4n) is 4.00. The Morgan fingerprint density at radius 3 is 2.53 bits per heavy atom. The second kappa shape index (κ2) is 13.0. The van der Waals surface area contributed by atoms with E-state index in [0.717, 1.165) is 6.42 Å². The molecule has 1 aromatic heterocycles. The number of rotatable bonds is 9. The van der Waals surface area contributed by atoms with Crippen molar-refractivity contribution in [2.75, 3.05) is 20.8 Å². The van der Waals surface area contributed by atoms with Gasteiger partial charge in [0, 0.05) is 18.9 Å². The molecule has 0 spiro atoms. The van der Waals surface area contributed by atoms with Gasteiger partial charge < -0.3 is 34.1 Å². The monoisotopic (exact) mass is 502 g/mol. The average molecular weight is 503 g/mol. The third-order valence-corrected chi connectivity index (χ3v) is 5.89. The minimum atomic E-state index is -0.932. The van der Waals surface area contributed by atoms with Crippen LogP contribution in [-0.2, 0) is 14.3 Å². The lowest BCUT2D eigenvalue weighted by atomic mass is 10.0. The molecule has 196 valence electrons. The normalized spacial score (nSPS) is 22.4. The molecule has 1 aliphatic heterocycles. The molecule has 36 heavy (non-hydrogen) atoms. The first-order chi connectivity index (χ1) is 17.4. The zero-order valence-corrected chi connectivity index (χ0v) is 21.1. The smallest absolute Gasteiger partial charge is 0.329 e. The van der Waals surface area contributed by atoms with Crippen LogP contribution < -0.4 is 19.5 Å². The molecule has 0 unspecified atom stereocenters. The van der Waals surface area contributed by atoms with Crippen LogP contribution in [0.3, 0.4) is 0 Å². The van der Waals surface area contributed by atoms with Gasteiger partial charge in [0.2, 0.25) is 0 Å². The predicted octanol–water partition coefficient (Wildman–Crippen LogP) is 3.26. The molecule has 1 amide bonds. The standard InChI is InChI=1S/C26H34N2O8/c1-5-15-34-21-8-6-7-19(28-25(30)22-23(29)20(33-4)13-14-27-22)26(31)35-16(2)24(21)36-18-11-9-17(32-3)10-12-18/h9-14,16,19,21,24,29H,5-8,15H2,1-4H3,(H,28,30)/t16-,19-,21-,24-/m0/s1. The number of benzene rings is 1. The van der Waals surface area contributed by atoms with Gasteiger partial charge in [0.05, 0.1) is 20.3 Å². The minimum absolute atomic E-state index is 0.107. The fraction of sp³-hybridized carbons (Fsp3) is 0.500. The molecule has 0 radical (unpaired) electrons. The van der Waals surface area contributed by atoms with Gasteiger partial charge in [-0.05, 0) is 56.9 Å². The SMILES string of the molecule is CCCO[C@H]1CCC[C@H](NC(=O)c2nccc(OC)c2O)C(=O)O[C@@H](C)[C@@H]1Oc1ccc(OC)cc1. The first kappa shape index (κ1) is 27.1. The number of amides is 1. The zero-order valence-electron chi connectivity index (χ0n) is 21.1. The van der Waals surface area contributed by atoms with Gasteiger partial charge >= 0.3 is 5.97 Å². The van der Waals surface area contributed by atoms with E-state index in [1.54, 1.807) is 38.3 Å². The predicted molar refractivity (Wildman–Crippen MR) is 131 cm³/mol. The third kappa shape index (κ3) is 6.78. The summed E-state index contributed by atoms with van der Waals surface area (Å²) in [6, 6.07) is 7.65. The number of nitrogens with one attached hydrogen (secondary N) is 1. The summed E-state index contributed by atoms with van der Waals surface area (Å²) in [6.45, 7) is 4.30. The van der Waals surface area contributed by atoms with Crippen molar-refractivity contribution in [2.24, 2.45) is 0 Å². The van der Waals surface area contributed by atoms with Crippen molar-refractivity contribution in [1.29, 1.82) is 0 Å². The highest BCUT2D eigenvalue weighted by Crippen LogP contribution is 2.28. The number of aromatic nitrogens is 1. The van der Waals surface area contributed by atoms with Crippen molar-refractivity contribution >= 4 is 11.9 Å². The Morgan fingerprint density at radius 1 is 1.14 bits per heavy atom. The highest BCUT2D eigenvalue weighted by atomic mass is 16.6. The zero-order chi connectivity index (χ0) is 26.1. The fourth-order valence-corrected chi connectivity index (χ4v) is 4.00. The van der Waals surface area contributed by atoms with Crippen molar-refractivity contribution in [3.8, 4) is 23.0 Å². The van der Waals surface area contributed by atoms with Crippen LogP contribution in [0.15, 0.2) is 36.5 Å².